The third-order valence-corrected chi connectivity index (χ3v) is 7.57. The van der Waals surface area contributed by atoms with Gasteiger partial charge in [0.2, 0.25) is 0 Å². The lowest BCUT2D eigenvalue weighted by Gasteiger charge is -2.09. The van der Waals surface area contributed by atoms with E-state index in [-0.39, 0.29) is 26.6 Å². The van der Waals surface area contributed by atoms with Gasteiger partial charge in [0.15, 0.2) is 0 Å². The van der Waals surface area contributed by atoms with E-state index in [1.165, 1.54) is 36.4 Å². The van der Waals surface area contributed by atoms with Crippen LogP contribution in [-0.2, 0) is 20.2 Å². The first-order valence-corrected chi connectivity index (χ1v) is 14.1. The molecule has 0 unspecified atom stereocenters. The van der Waals surface area contributed by atoms with E-state index in [2.05, 4.69) is 20.5 Å². The fraction of sp³-hybridized carbons (Fsp3) is 0. The minimum atomic E-state index is -4.56. The van der Waals surface area contributed by atoms with E-state index in [0.29, 0.717) is 33.2 Å². The SMILES string of the molecule is Nc1ccc(N=Nc2ccc(N=Nc3cccc(S(=O)(=O)O)c3)c3ccccc23)c2c(S(=O)(=O)O)cccc12. The van der Waals surface area contributed by atoms with Gasteiger partial charge in [0.1, 0.15) is 4.90 Å². The molecule has 11 nitrogen and oxygen atoms in total. The summed E-state index contributed by atoms with van der Waals surface area (Å²) in [5.41, 5.74) is 7.68. The molecule has 0 aliphatic rings. The van der Waals surface area contributed by atoms with E-state index >= 15 is 0 Å². The molecule has 0 amide bonds. The van der Waals surface area contributed by atoms with Gasteiger partial charge in [-0.3, -0.25) is 9.11 Å². The zero-order chi connectivity index (χ0) is 27.8. The first-order valence-electron chi connectivity index (χ1n) is 11.2. The number of fused-ring (bicyclic) bond motifs is 2. The molecule has 0 spiro atoms. The number of nitrogens with zero attached hydrogens (tertiary/aromatic N) is 4. The fourth-order valence-electron chi connectivity index (χ4n) is 4.04. The van der Waals surface area contributed by atoms with Crippen LogP contribution in [0.15, 0.2) is 121 Å². The van der Waals surface area contributed by atoms with Crippen LogP contribution in [0.4, 0.5) is 28.4 Å². The van der Waals surface area contributed by atoms with E-state index < -0.39 is 20.2 Å². The molecule has 5 aromatic carbocycles. The molecule has 39 heavy (non-hydrogen) atoms. The van der Waals surface area contributed by atoms with Crippen molar-refractivity contribution in [2.45, 2.75) is 9.79 Å². The molecule has 13 heteroatoms. The van der Waals surface area contributed by atoms with Crippen molar-refractivity contribution in [1.29, 1.82) is 0 Å². The van der Waals surface area contributed by atoms with Crippen LogP contribution in [-0.4, -0.2) is 25.9 Å². The lowest BCUT2D eigenvalue weighted by molar-refractivity contribution is 0.481. The van der Waals surface area contributed by atoms with Crippen LogP contribution >= 0.6 is 0 Å². The average molecular weight is 562 g/mol. The Morgan fingerprint density at radius 2 is 1.13 bits per heavy atom. The van der Waals surface area contributed by atoms with Gasteiger partial charge in [0.25, 0.3) is 20.2 Å². The highest BCUT2D eigenvalue weighted by atomic mass is 32.2. The Kier molecular flexibility index (Phi) is 6.66. The largest absolute Gasteiger partial charge is 0.398 e. The number of hydrogen-bond acceptors (Lipinski definition) is 9. The number of nitrogens with two attached hydrogens (primary N) is 1. The normalized spacial score (nSPS) is 12.7. The van der Waals surface area contributed by atoms with Crippen molar-refractivity contribution in [2.24, 2.45) is 20.5 Å². The molecule has 0 aliphatic carbocycles. The fourth-order valence-corrected chi connectivity index (χ4v) is 5.29. The van der Waals surface area contributed by atoms with Crippen molar-refractivity contribution in [3.63, 3.8) is 0 Å². The van der Waals surface area contributed by atoms with Gasteiger partial charge in [0, 0.05) is 27.2 Å². The standard InChI is InChI=1S/C26H19N5O6S2/c27-21-11-12-24(26-20(21)9-4-10-25(26)39(35,36)37)31-30-23-14-13-22(18-7-1-2-8-19(18)23)29-28-16-5-3-6-17(15-16)38(32,33)34/h1-15H,27H2,(H,32,33,34)(H,35,36,37). The van der Waals surface area contributed by atoms with Gasteiger partial charge in [-0.05, 0) is 48.5 Å². The monoisotopic (exact) mass is 561 g/mol. The van der Waals surface area contributed by atoms with Crippen molar-refractivity contribution in [1.82, 2.24) is 0 Å². The van der Waals surface area contributed by atoms with E-state index in [4.69, 9.17) is 5.73 Å². The third-order valence-electron chi connectivity index (χ3n) is 5.82. The van der Waals surface area contributed by atoms with Crippen molar-refractivity contribution in [3.8, 4) is 0 Å². The number of azo groups is 2. The second-order valence-electron chi connectivity index (χ2n) is 8.35. The van der Waals surface area contributed by atoms with Crippen molar-refractivity contribution >= 4 is 70.2 Å². The van der Waals surface area contributed by atoms with Gasteiger partial charge in [-0.1, -0.05) is 42.5 Å². The maximum absolute atomic E-state index is 12.0. The first kappa shape index (κ1) is 26.1. The van der Waals surface area contributed by atoms with Crippen molar-refractivity contribution in [3.05, 3.63) is 91.0 Å². The van der Waals surface area contributed by atoms with Crippen molar-refractivity contribution in [2.75, 3.05) is 5.73 Å². The predicted molar refractivity (Wildman–Crippen MR) is 147 cm³/mol. The predicted octanol–water partition coefficient (Wildman–Crippen LogP) is 6.90. The van der Waals surface area contributed by atoms with E-state index in [9.17, 15) is 25.9 Å². The summed E-state index contributed by atoms with van der Waals surface area (Å²) in [6.45, 7) is 0. The molecular formula is C26H19N5O6S2. The molecule has 196 valence electrons. The second kappa shape index (κ2) is 9.96. The Labute approximate surface area is 222 Å². The van der Waals surface area contributed by atoms with Crippen LogP contribution < -0.4 is 5.73 Å². The number of anilines is 1. The van der Waals surface area contributed by atoms with Crippen LogP contribution in [0.2, 0.25) is 0 Å². The highest BCUT2D eigenvalue weighted by Gasteiger charge is 2.18. The molecule has 4 N–H and O–H groups in total. The molecule has 5 aromatic rings. The summed E-state index contributed by atoms with van der Waals surface area (Å²) in [6.07, 6.45) is 0. The van der Waals surface area contributed by atoms with Crippen LogP contribution in [0, 0.1) is 0 Å². The molecule has 0 atom stereocenters. The molecular weight excluding hydrogens is 542 g/mol. The van der Waals surface area contributed by atoms with Gasteiger partial charge >= 0.3 is 0 Å². The van der Waals surface area contributed by atoms with Gasteiger partial charge in [-0.2, -0.15) is 21.9 Å². The average Bonchev–Trinajstić information content (AvgIpc) is 2.91. The van der Waals surface area contributed by atoms with Crippen LogP contribution in [0.1, 0.15) is 0 Å². The zero-order valence-corrected chi connectivity index (χ0v) is 21.5. The minimum Gasteiger partial charge on any atom is -0.398 e. The van der Waals surface area contributed by atoms with Gasteiger partial charge in [-0.15, -0.1) is 15.3 Å². The lowest BCUT2D eigenvalue weighted by Crippen LogP contribution is -2.00. The first-order chi connectivity index (χ1) is 18.5. The molecule has 0 aromatic heterocycles. The summed E-state index contributed by atoms with van der Waals surface area (Å²) in [6, 6.07) is 23.4. The van der Waals surface area contributed by atoms with E-state index in [1.807, 2.05) is 0 Å². The smallest absolute Gasteiger partial charge is 0.295 e. The molecule has 5 rings (SSSR count). The molecule has 0 heterocycles. The maximum atomic E-state index is 12.0. The molecule has 0 fully saturated rings. The van der Waals surface area contributed by atoms with E-state index in [0.717, 1.165) is 0 Å². The molecule has 0 bridgehead atoms. The van der Waals surface area contributed by atoms with Crippen molar-refractivity contribution < 1.29 is 25.9 Å². The molecule has 0 saturated heterocycles. The highest BCUT2D eigenvalue weighted by molar-refractivity contribution is 7.86. The summed E-state index contributed by atoms with van der Waals surface area (Å²) in [5, 5.41) is 18.9. The summed E-state index contributed by atoms with van der Waals surface area (Å²) in [5.74, 6) is 0. The van der Waals surface area contributed by atoms with Crippen LogP contribution in [0.25, 0.3) is 21.5 Å². The maximum Gasteiger partial charge on any atom is 0.295 e. The summed E-state index contributed by atoms with van der Waals surface area (Å²) in [7, 11) is -8.94. The quantitative estimate of drug-likeness (QED) is 0.114. The second-order valence-corrected chi connectivity index (χ2v) is 11.2. The summed E-state index contributed by atoms with van der Waals surface area (Å²) < 4.78 is 65.8. The summed E-state index contributed by atoms with van der Waals surface area (Å²) >= 11 is 0. The zero-order valence-electron chi connectivity index (χ0n) is 19.9. The Balaban J connectivity index is 1.57. The number of rotatable bonds is 6. The van der Waals surface area contributed by atoms with Gasteiger partial charge in [0.05, 0.1) is 27.6 Å². The number of hydrogen-bond donors (Lipinski definition) is 3. The topological polar surface area (TPSA) is 184 Å². The Hall–Kier alpha value is -4.56. The van der Waals surface area contributed by atoms with Crippen LogP contribution in [0.5, 0.6) is 0 Å². The minimum absolute atomic E-state index is 0.144. The number of benzene rings is 5. The Morgan fingerprint density at radius 1 is 0.564 bits per heavy atom. The Morgan fingerprint density at radius 3 is 1.77 bits per heavy atom. The third kappa shape index (κ3) is 5.37. The van der Waals surface area contributed by atoms with Crippen LogP contribution in [0.3, 0.4) is 0 Å². The molecule has 0 saturated carbocycles. The number of nitrogen functional groups attached to an aromatic ring is 1. The summed E-state index contributed by atoms with van der Waals surface area (Å²) in [4.78, 5) is -0.633. The van der Waals surface area contributed by atoms with Gasteiger partial charge < -0.3 is 5.73 Å². The lowest BCUT2D eigenvalue weighted by atomic mass is 10.1. The molecule has 0 aliphatic heterocycles. The highest BCUT2D eigenvalue weighted by Crippen LogP contribution is 2.38. The molecule has 0 radical (unpaired) electrons. The van der Waals surface area contributed by atoms with Gasteiger partial charge in [-0.25, -0.2) is 0 Å². The van der Waals surface area contributed by atoms with E-state index in [1.54, 1.807) is 54.6 Å². The Bertz CT molecular complexity index is 2040.